The molecule has 5 heteroatoms. The normalized spacial score (nSPS) is 10.7. The second-order valence-electron chi connectivity index (χ2n) is 3.99. The number of benzene rings is 1. The lowest BCUT2D eigenvalue weighted by Gasteiger charge is -2.07. The number of aromatic nitrogens is 2. The second kappa shape index (κ2) is 5.42. The molecule has 0 aliphatic heterocycles. The largest absolute Gasteiger partial charge is 0.497 e. The van der Waals surface area contributed by atoms with E-state index in [1.165, 1.54) is 0 Å². The van der Waals surface area contributed by atoms with Crippen LogP contribution in [0.2, 0.25) is 5.15 Å². The molecule has 1 aromatic carbocycles. The number of halogens is 1. The molecule has 0 aliphatic rings. The minimum absolute atomic E-state index is 0.532. The van der Waals surface area contributed by atoms with Crippen LogP contribution in [0.1, 0.15) is 5.69 Å². The molecule has 1 heterocycles. The third-order valence-corrected chi connectivity index (χ3v) is 3.14. The van der Waals surface area contributed by atoms with Crippen molar-refractivity contribution in [1.82, 2.24) is 14.9 Å². The van der Waals surface area contributed by atoms with E-state index in [9.17, 15) is 0 Å². The van der Waals surface area contributed by atoms with E-state index >= 15 is 0 Å². The quantitative estimate of drug-likeness (QED) is 0.923. The van der Waals surface area contributed by atoms with Gasteiger partial charge < -0.3 is 14.6 Å². The summed E-state index contributed by atoms with van der Waals surface area (Å²) in [7, 11) is 5.49. The van der Waals surface area contributed by atoms with Crippen LogP contribution < -0.4 is 10.1 Å². The van der Waals surface area contributed by atoms with Gasteiger partial charge in [-0.15, -0.1) is 0 Å². The van der Waals surface area contributed by atoms with Gasteiger partial charge in [0.2, 0.25) is 0 Å². The summed E-state index contributed by atoms with van der Waals surface area (Å²) in [5.41, 5.74) is 1.96. The van der Waals surface area contributed by atoms with Crippen LogP contribution in [0.3, 0.4) is 0 Å². The fourth-order valence-electron chi connectivity index (χ4n) is 1.88. The third kappa shape index (κ3) is 2.35. The Balaban J connectivity index is 2.47. The Labute approximate surface area is 112 Å². The van der Waals surface area contributed by atoms with Crippen molar-refractivity contribution < 1.29 is 4.74 Å². The predicted octanol–water partition coefficient (Wildman–Crippen LogP) is 2.47. The molecule has 2 rings (SSSR count). The zero-order valence-electron chi connectivity index (χ0n) is 10.7. The molecule has 4 nitrogen and oxygen atoms in total. The van der Waals surface area contributed by atoms with Crippen LogP contribution in [0.15, 0.2) is 24.3 Å². The van der Waals surface area contributed by atoms with Gasteiger partial charge in [-0.25, -0.2) is 4.98 Å². The highest BCUT2D eigenvalue weighted by molar-refractivity contribution is 6.30. The topological polar surface area (TPSA) is 39.1 Å². The third-order valence-electron chi connectivity index (χ3n) is 2.84. The van der Waals surface area contributed by atoms with E-state index in [1.807, 2.05) is 42.9 Å². The van der Waals surface area contributed by atoms with E-state index in [1.54, 1.807) is 7.11 Å². The van der Waals surface area contributed by atoms with Gasteiger partial charge in [0.1, 0.15) is 11.6 Å². The number of methoxy groups -OCH3 is 1. The molecule has 0 atom stereocenters. The van der Waals surface area contributed by atoms with Crippen LogP contribution in [0, 0.1) is 0 Å². The number of ether oxygens (including phenoxy) is 1. The van der Waals surface area contributed by atoms with E-state index in [0.29, 0.717) is 11.7 Å². The average molecular weight is 266 g/mol. The smallest absolute Gasteiger partial charge is 0.152 e. The maximum absolute atomic E-state index is 6.15. The van der Waals surface area contributed by atoms with Gasteiger partial charge in [0.15, 0.2) is 5.15 Å². The van der Waals surface area contributed by atoms with Gasteiger partial charge in [0.25, 0.3) is 0 Å². The van der Waals surface area contributed by atoms with Crippen LogP contribution in [-0.2, 0) is 13.6 Å². The average Bonchev–Trinajstić information content (AvgIpc) is 2.67. The lowest BCUT2D eigenvalue weighted by atomic mass is 10.2. The molecule has 0 unspecified atom stereocenters. The Morgan fingerprint density at radius 2 is 2.22 bits per heavy atom. The Morgan fingerprint density at radius 3 is 2.89 bits per heavy atom. The van der Waals surface area contributed by atoms with Gasteiger partial charge in [-0.2, -0.15) is 0 Å². The summed E-state index contributed by atoms with van der Waals surface area (Å²) in [6.07, 6.45) is 0. The lowest BCUT2D eigenvalue weighted by molar-refractivity contribution is 0.415. The van der Waals surface area contributed by atoms with E-state index in [0.717, 1.165) is 22.8 Å². The lowest BCUT2D eigenvalue weighted by Crippen LogP contribution is -2.10. The first-order valence-electron chi connectivity index (χ1n) is 5.67. The van der Waals surface area contributed by atoms with E-state index in [-0.39, 0.29) is 0 Å². The summed E-state index contributed by atoms with van der Waals surface area (Å²) in [5, 5.41) is 3.62. The van der Waals surface area contributed by atoms with Crippen molar-refractivity contribution in [2.75, 3.05) is 14.2 Å². The van der Waals surface area contributed by atoms with Crippen molar-refractivity contribution >= 4 is 11.6 Å². The maximum Gasteiger partial charge on any atom is 0.152 e. The van der Waals surface area contributed by atoms with Gasteiger partial charge in [0, 0.05) is 19.2 Å². The Morgan fingerprint density at radius 1 is 1.44 bits per heavy atom. The fourth-order valence-corrected chi connectivity index (χ4v) is 2.15. The van der Waals surface area contributed by atoms with E-state index in [4.69, 9.17) is 16.3 Å². The molecule has 2 aromatic rings. The summed E-state index contributed by atoms with van der Waals surface area (Å²) in [6.45, 7) is 0.687. The minimum Gasteiger partial charge on any atom is -0.497 e. The van der Waals surface area contributed by atoms with E-state index < -0.39 is 0 Å². The van der Waals surface area contributed by atoms with Crippen LogP contribution in [0.4, 0.5) is 0 Å². The first-order chi connectivity index (χ1) is 8.67. The van der Waals surface area contributed by atoms with Gasteiger partial charge in [-0.1, -0.05) is 23.7 Å². The standard InChI is InChI=1S/C13H16ClN3O/c1-15-8-11-12(14)16-13(17(11)2)9-5-4-6-10(7-9)18-3/h4-7,15H,8H2,1-3H3. The number of nitrogens with one attached hydrogen (secondary N) is 1. The molecular weight excluding hydrogens is 250 g/mol. The first kappa shape index (κ1) is 12.9. The van der Waals surface area contributed by atoms with Gasteiger partial charge in [-0.3, -0.25) is 0 Å². The van der Waals surface area contributed by atoms with Crippen molar-refractivity contribution in [1.29, 1.82) is 0 Å². The van der Waals surface area contributed by atoms with Crippen LogP contribution >= 0.6 is 11.6 Å². The molecule has 18 heavy (non-hydrogen) atoms. The first-order valence-corrected chi connectivity index (χ1v) is 6.05. The molecule has 0 bridgehead atoms. The highest BCUT2D eigenvalue weighted by Gasteiger charge is 2.14. The van der Waals surface area contributed by atoms with Crippen molar-refractivity contribution in [3.8, 4) is 17.1 Å². The molecule has 0 spiro atoms. The van der Waals surface area contributed by atoms with E-state index in [2.05, 4.69) is 10.3 Å². The molecule has 1 N–H and O–H groups in total. The molecule has 0 aliphatic carbocycles. The molecule has 1 aromatic heterocycles. The number of hydrogen-bond acceptors (Lipinski definition) is 3. The molecule has 0 radical (unpaired) electrons. The van der Waals surface area contributed by atoms with Gasteiger partial charge >= 0.3 is 0 Å². The zero-order valence-corrected chi connectivity index (χ0v) is 11.5. The van der Waals surface area contributed by atoms with Gasteiger partial charge in [-0.05, 0) is 19.2 Å². The molecule has 0 saturated heterocycles. The number of imidazole rings is 1. The summed E-state index contributed by atoms with van der Waals surface area (Å²) in [5.74, 6) is 1.64. The van der Waals surface area contributed by atoms with Crippen molar-refractivity contribution in [2.24, 2.45) is 7.05 Å². The maximum atomic E-state index is 6.15. The molecule has 0 saturated carbocycles. The minimum atomic E-state index is 0.532. The highest BCUT2D eigenvalue weighted by atomic mass is 35.5. The summed E-state index contributed by atoms with van der Waals surface area (Å²) in [4.78, 5) is 4.41. The van der Waals surface area contributed by atoms with Crippen molar-refractivity contribution in [3.63, 3.8) is 0 Å². The number of rotatable bonds is 4. The Kier molecular flexibility index (Phi) is 3.89. The number of nitrogens with zero attached hydrogens (tertiary/aromatic N) is 2. The predicted molar refractivity (Wildman–Crippen MR) is 73.0 cm³/mol. The Hall–Kier alpha value is -1.52. The summed E-state index contributed by atoms with van der Waals surface area (Å²) in [6, 6.07) is 7.78. The molecule has 0 fully saturated rings. The van der Waals surface area contributed by atoms with Crippen molar-refractivity contribution in [3.05, 3.63) is 35.1 Å². The fraction of sp³-hybridized carbons (Fsp3) is 0.308. The summed E-state index contributed by atoms with van der Waals surface area (Å²) < 4.78 is 7.21. The Bertz CT molecular complexity index is 551. The van der Waals surface area contributed by atoms with Crippen molar-refractivity contribution in [2.45, 2.75) is 6.54 Å². The van der Waals surface area contributed by atoms with Crippen LogP contribution in [0.5, 0.6) is 5.75 Å². The zero-order chi connectivity index (χ0) is 13.1. The number of hydrogen-bond donors (Lipinski definition) is 1. The molecular formula is C13H16ClN3O. The van der Waals surface area contributed by atoms with Crippen LogP contribution in [-0.4, -0.2) is 23.7 Å². The molecule has 96 valence electrons. The highest BCUT2D eigenvalue weighted by Crippen LogP contribution is 2.26. The monoisotopic (exact) mass is 265 g/mol. The summed E-state index contributed by atoms with van der Waals surface area (Å²) >= 11 is 6.15. The van der Waals surface area contributed by atoms with Crippen LogP contribution in [0.25, 0.3) is 11.4 Å². The van der Waals surface area contributed by atoms with Gasteiger partial charge in [0.05, 0.1) is 12.8 Å². The SMILES string of the molecule is CNCc1c(Cl)nc(-c2cccc(OC)c2)n1C. The molecule has 0 amide bonds. The second-order valence-corrected chi connectivity index (χ2v) is 4.35.